The zero-order valence-corrected chi connectivity index (χ0v) is 12.1. The summed E-state index contributed by atoms with van der Waals surface area (Å²) in [6, 6.07) is 6.45. The van der Waals surface area contributed by atoms with Crippen LogP contribution in [0.15, 0.2) is 40.8 Å². The Kier molecular flexibility index (Phi) is 5.08. The molecule has 1 aromatic carbocycles. The van der Waals surface area contributed by atoms with E-state index in [9.17, 15) is 0 Å². The van der Waals surface area contributed by atoms with E-state index in [-0.39, 0.29) is 5.92 Å². The second-order valence-electron chi connectivity index (χ2n) is 4.52. The Morgan fingerprint density at radius 1 is 1.44 bits per heavy atom. The molecular formula is C15H23N3. The minimum absolute atomic E-state index is 0.246. The first-order chi connectivity index (χ1) is 8.52. The van der Waals surface area contributed by atoms with E-state index in [0.29, 0.717) is 0 Å². The summed E-state index contributed by atoms with van der Waals surface area (Å²) in [5, 5.41) is 9.53. The van der Waals surface area contributed by atoms with Gasteiger partial charge >= 0.3 is 0 Å². The lowest BCUT2D eigenvalue weighted by Crippen LogP contribution is -2.15. The summed E-state index contributed by atoms with van der Waals surface area (Å²) >= 11 is 0. The van der Waals surface area contributed by atoms with Crippen molar-refractivity contribution in [3.63, 3.8) is 0 Å². The first kappa shape index (κ1) is 14.4. The van der Waals surface area contributed by atoms with Crippen LogP contribution in [-0.4, -0.2) is 19.1 Å². The van der Waals surface area contributed by atoms with E-state index in [1.807, 2.05) is 7.05 Å². The number of hydrogen-bond acceptors (Lipinski definition) is 2. The molecule has 1 rings (SSSR count). The number of benzene rings is 1. The van der Waals surface area contributed by atoms with Gasteiger partial charge in [0.15, 0.2) is 0 Å². The number of likely N-dealkylation sites (N-methyl/N-ethyl adjacent to an activating group) is 1. The van der Waals surface area contributed by atoms with Crippen LogP contribution < -0.4 is 0 Å². The summed E-state index contributed by atoms with van der Waals surface area (Å²) in [7, 11) is 3.55. The molecule has 0 heterocycles. The number of aryl methyl sites for hydroxylation is 1. The smallest absolute Gasteiger partial charge is 0.0509 e. The molecule has 0 radical (unpaired) electrons. The lowest BCUT2D eigenvalue weighted by Gasteiger charge is -2.23. The summed E-state index contributed by atoms with van der Waals surface area (Å²) in [5.41, 5.74) is 5.05. The Bertz CT molecular complexity index is 449. The van der Waals surface area contributed by atoms with Crippen molar-refractivity contribution in [1.82, 2.24) is 5.01 Å². The molecule has 18 heavy (non-hydrogen) atoms. The third-order valence-electron chi connectivity index (χ3n) is 3.41. The van der Waals surface area contributed by atoms with Gasteiger partial charge in [-0.2, -0.15) is 5.11 Å². The van der Waals surface area contributed by atoms with Gasteiger partial charge in [0, 0.05) is 18.7 Å². The fourth-order valence-corrected chi connectivity index (χ4v) is 2.26. The number of allylic oxidation sites excluding steroid dienone is 1. The average molecular weight is 245 g/mol. The molecule has 3 nitrogen and oxygen atoms in total. The van der Waals surface area contributed by atoms with Crippen LogP contribution in [0.5, 0.6) is 0 Å². The van der Waals surface area contributed by atoms with Gasteiger partial charge in [-0.25, -0.2) is 0 Å². The molecule has 3 heteroatoms. The zero-order chi connectivity index (χ0) is 13.7. The highest BCUT2D eigenvalue weighted by Crippen LogP contribution is 2.29. The van der Waals surface area contributed by atoms with Crippen molar-refractivity contribution in [2.45, 2.75) is 33.1 Å². The quantitative estimate of drug-likeness (QED) is 0.567. The van der Waals surface area contributed by atoms with Gasteiger partial charge in [0.1, 0.15) is 0 Å². The predicted molar refractivity (Wildman–Crippen MR) is 76.7 cm³/mol. The van der Waals surface area contributed by atoms with Crippen molar-refractivity contribution in [1.29, 1.82) is 0 Å². The normalized spacial score (nSPS) is 12.7. The fraction of sp³-hybridized carbons (Fsp3) is 0.467. The maximum absolute atomic E-state index is 4.13. The number of rotatable bonds is 5. The van der Waals surface area contributed by atoms with Crippen molar-refractivity contribution in [3.8, 4) is 0 Å². The molecule has 0 N–H and O–H groups in total. The molecule has 0 aliphatic rings. The van der Waals surface area contributed by atoms with Crippen LogP contribution in [0.25, 0.3) is 0 Å². The van der Waals surface area contributed by atoms with Crippen LogP contribution in [-0.2, 0) is 6.42 Å². The molecule has 0 bridgehead atoms. The molecule has 98 valence electrons. The molecular weight excluding hydrogens is 222 g/mol. The first-order valence-corrected chi connectivity index (χ1v) is 6.33. The molecule has 1 atom stereocenters. The van der Waals surface area contributed by atoms with Crippen molar-refractivity contribution in [3.05, 3.63) is 47.2 Å². The van der Waals surface area contributed by atoms with Crippen LogP contribution in [0.4, 0.5) is 0 Å². The van der Waals surface area contributed by atoms with Crippen molar-refractivity contribution < 1.29 is 0 Å². The van der Waals surface area contributed by atoms with Gasteiger partial charge in [0.05, 0.1) is 7.05 Å². The Labute approximate surface area is 110 Å². The molecule has 1 aromatic rings. The lowest BCUT2D eigenvalue weighted by molar-refractivity contribution is 0.388. The van der Waals surface area contributed by atoms with Crippen LogP contribution >= 0.6 is 0 Å². The van der Waals surface area contributed by atoms with Gasteiger partial charge in [0.25, 0.3) is 0 Å². The fourth-order valence-electron chi connectivity index (χ4n) is 2.26. The van der Waals surface area contributed by atoms with Gasteiger partial charge in [-0.3, -0.25) is 5.01 Å². The summed E-state index contributed by atoms with van der Waals surface area (Å²) in [6.07, 6.45) is 1.04. The van der Waals surface area contributed by atoms with Crippen LogP contribution in [0.3, 0.4) is 0 Å². The summed E-state index contributed by atoms with van der Waals surface area (Å²) in [5.74, 6) is 0.246. The Morgan fingerprint density at radius 3 is 2.67 bits per heavy atom. The van der Waals surface area contributed by atoms with Crippen LogP contribution in [0, 0.1) is 6.92 Å². The standard InChI is InChI=1S/C15H23N3/c1-7-14-11(2)9-8-10-15(14)12(3)13(4)18(6)17-16-5/h8-10,12H,4,7H2,1-3,5-6H3. The molecule has 0 aromatic heterocycles. The zero-order valence-electron chi connectivity index (χ0n) is 12.1. The Balaban J connectivity index is 3.07. The highest BCUT2D eigenvalue weighted by atomic mass is 15.5. The monoisotopic (exact) mass is 245 g/mol. The predicted octanol–water partition coefficient (Wildman–Crippen LogP) is 4.10. The van der Waals surface area contributed by atoms with Crippen LogP contribution in [0.2, 0.25) is 0 Å². The van der Waals surface area contributed by atoms with Crippen molar-refractivity contribution in [2.24, 2.45) is 10.3 Å². The molecule has 0 saturated carbocycles. The van der Waals surface area contributed by atoms with E-state index in [4.69, 9.17) is 0 Å². The molecule has 0 saturated heterocycles. The minimum atomic E-state index is 0.246. The second-order valence-corrected chi connectivity index (χ2v) is 4.52. The van der Waals surface area contributed by atoms with Gasteiger partial charge in [-0.15, -0.1) is 0 Å². The van der Waals surface area contributed by atoms with Gasteiger partial charge in [0.2, 0.25) is 0 Å². The first-order valence-electron chi connectivity index (χ1n) is 6.33. The topological polar surface area (TPSA) is 28.0 Å². The van der Waals surface area contributed by atoms with Crippen molar-refractivity contribution >= 4 is 0 Å². The molecule has 1 unspecified atom stereocenters. The Hall–Kier alpha value is -1.64. The number of hydrogen-bond donors (Lipinski definition) is 0. The maximum atomic E-state index is 4.13. The summed E-state index contributed by atoms with van der Waals surface area (Å²) < 4.78 is 0. The van der Waals surface area contributed by atoms with Gasteiger partial charge in [-0.1, -0.05) is 43.8 Å². The van der Waals surface area contributed by atoms with Gasteiger partial charge < -0.3 is 0 Å². The van der Waals surface area contributed by atoms with Gasteiger partial charge in [-0.05, 0) is 30.0 Å². The average Bonchev–Trinajstić information content (AvgIpc) is 2.37. The molecule has 0 fully saturated rings. The highest BCUT2D eigenvalue weighted by molar-refractivity contribution is 5.39. The summed E-state index contributed by atoms with van der Waals surface area (Å²) in [6.45, 7) is 10.6. The highest BCUT2D eigenvalue weighted by Gasteiger charge is 2.16. The molecule has 0 spiro atoms. The minimum Gasteiger partial charge on any atom is -0.254 e. The van der Waals surface area contributed by atoms with Crippen LogP contribution in [0.1, 0.15) is 36.5 Å². The number of nitrogens with zero attached hydrogens (tertiary/aromatic N) is 3. The van der Waals surface area contributed by atoms with E-state index in [1.165, 1.54) is 16.7 Å². The summed E-state index contributed by atoms with van der Waals surface area (Å²) in [4.78, 5) is 0. The third kappa shape index (κ3) is 2.97. The Morgan fingerprint density at radius 2 is 2.11 bits per heavy atom. The van der Waals surface area contributed by atoms with E-state index in [1.54, 1.807) is 12.1 Å². The maximum Gasteiger partial charge on any atom is 0.0509 e. The molecule has 0 aliphatic carbocycles. The largest absolute Gasteiger partial charge is 0.254 e. The van der Waals surface area contributed by atoms with Crippen molar-refractivity contribution in [2.75, 3.05) is 14.1 Å². The van der Waals surface area contributed by atoms with E-state index in [2.05, 4.69) is 55.9 Å². The SMILES string of the molecule is C=C(C(C)c1cccc(C)c1CC)N(C)N=NC. The lowest BCUT2D eigenvalue weighted by atomic mass is 9.89. The van der Waals surface area contributed by atoms with E-state index in [0.717, 1.165) is 12.1 Å². The molecule has 0 amide bonds. The van der Waals surface area contributed by atoms with E-state index < -0.39 is 0 Å². The van der Waals surface area contributed by atoms with E-state index >= 15 is 0 Å². The molecule has 0 aliphatic heterocycles. The second kappa shape index (κ2) is 6.34. The third-order valence-corrected chi connectivity index (χ3v) is 3.41.